The lowest BCUT2D eigenvalue weighted by Gasteiger charge is -2.37. The van der Waals surface area contributed by atoms with Gasteiger partial charge in [-0.2, -0.15) is 0 Å². The Kier molecular flexibility index (Phi) is 5.06. The van der Waals surface area contributed by atoms with E-state index in [0.29, 0.717) is 19.0 Å². The van der Waals surface area contributed by atoms with E-state index in [-0.39, 0.29) is 5.91 Å². The summed E-state index contributed by atoms with van der Waals surface area (Å²) in [5, 5.41) is 1.12. The predicted molar refractivity (Wildman–Crippen MR) is 120 cm³/mol. The molecule has 1 saturated carbocycles. The first-order valence-corrected chi connectivity index (χ1v) is 10.6. The van der Waals surface area contributed by atoms with Gasteiger partial charge in [-0.25, -0.2) is 0 Å². The third kappa shape index (κ3) is 3.61. The van der Waals surface area contributed by atoms with E-state index in [4.69, 9.17) is 0 Å². The van der Waals surface area contributed by atoms with Gasteiger partial charge in [-0.3, -0.25) is 9.78 Å². The van der Waals surface area contributed by atoms with Crippen LogP contribution in [0.15, 0.2) is 79.1 Å². The van der Waals surface area contributed by atoms with E-state index < -0.39 is 0 Å². The second kappa shape index (κ2) is 8.15. The van der Waals surface area contributed by atoms with Crippen molar-refractivity contribution in [3.63, 3.8) is 0 Å². The van der Waals surface area contributed by atoms with Gasteiger partial charge in [0.2, 0.25) is 5.91 Å². The number of aromatic amines is 1. The summed E-state index contributed by atoms with van der Waals surface area (Å²) >= 11 is 0. The first-order chi connectivity index (χ1) is 14.8. The lowest BCUT2D eigenvalue weighted by atomic mass is 9.90. The average molecular weight is 396 g/mol. The Labute approximate surface area is 176 Å². The zero-order valence-electron chi connectivity index (χ0n) is 16.9. The molecule has 1 aliphatic carbocycles. The van der Waals surface area contributed by atoms with Crippen molar-refractivity contribution < 1.29 is 4.79 Å². The van der Waals surface area contributed by atoms with Crippen LogP contribution in [-0.2, 0) is 17.8 Å². The van der Waals surface area contributed by atoms with E-state index in [1.54, 1.807) is 6.20 Å². The number of hydrogen-bond donors (Lipinski definition) is 1. The highest BCUT2D eigenvalue weighted by molar-refractivity contribution is 5.95. The number of pyridine rings is 1. The molecule has 4 heteroatoms. The number of para-hydroxylation sites is 1. The molecular formula is C26H25N3O. The summed E-state index contributed by atoms with van der Waals surface area (Å²) in [4.78, 5) is 23.4. The quantitative estimate of drug-likeness (QED) is 0.478. The summed E-state index contributed by atoms with van der Waals surface area (Å²) in [7, 11) is 0. The molecule has 0 aliphatic heterocycles. The SMILES string of the molecule is O=C(Cc1c(-c2ccccc2)[nH]c2ccccc12)N(Cc1cccnc1)C1CCC1. The number of fused-ring (bicyclic) bond motifs is 1. The third-order valence-corrected chi connectivity index (χ3v) is 6.12. The van der Waals surface area contributed by atoms with Gasteiger partial charge in [0.1, 0.15) is 0 Å². The molecular weight excluding hydrogens is 370 g/mol. The highest BCUT2D eigenvalue weighted by atomic mass is 16.2. The standard InChI is InChI=1S/C26H25N3O/c30-25(29(21-11-6-12-21)18-19-8-7-15-27-17-19)16-23-22-13-4-5-14-24(22)28-26(23)20-9-2-1-3-10-20/h1-5,7-10,13-15,17,21,28H,6,11-12,16,18H2. The molecule has 5 rings (SSSR count). The van der Waals surface area contributed by atoms with Crippen LogP contribution >= 0.6 is 0 Å². The minimum absolute atomic E-state index is 0.186. The van der Waals surface area contributed by atoms with Crippen LogP contribution < -0.4 is 0 Å². The lowest BCUT2D eigenvalue weighted by Crippen LogP contribution is -2.44. The number of H-pyrrole nitrogens is 1. The van der Waals surface area contributed by atoms with Gasteiger partial charge >= 0.3 is 0 Å². The maximum Gasteiger partial charge on any atom is 0.227 e. The van der Waals surface area contributed by atoms with E-state index in [9.17, 15) is 4.79 Å². The van der Waals surface area contributed by atoms with Crippen molar-refractivity contribution in [3.8, 4) is 11.3 Å². The molecule has 1 N–H and O–H groups in total. The van der Waals surface area contributed by atoms with Gasteiger partial charge in [0.15, 0.2) is 0 Å². The second-order valence-electron chi connectivity index (χ2n) is 8.03. The number of nitrogens with one attached hydrogen (secondary N) is 1. The number of carbonyl (C=O) groups is 1. The molecule has 0 bridgehead atoms. The van der Waals surface area contributed by atoms with E-state index >= 15 is 0 Å². The van der Waals surface area contributed by atoms with Crippen LogP contribution in [0.3, 0.4) is 0 Å². The fourth-order valence-electron chi connectivity index (χ4n) is 4.30. The topological polar surface area (TPSA) is 49.0 Å². The van der Waals surface area contributed by atoms with Gasteiger partial charge in [0.25, 0.3) is 0 Å². The predicted octanol–water partition coefficient (Wildman–Crippen LogP) is 5.35. The average Bonchev–Trinajstić information content (AvgIpc) is 3.12. The molecule has 0 saturated heterocycles. The number of hydrogen-bond acceptors (Lipinski definition) is 2. The van der Waals surface area contributed by atoms with Gasteiger partial charge < -0.3 is 9.88 Å². The van der Waals surface area contributed by atoms with Crippen LogP contribution in [0.5, 0.6) is 0 Å². The first kappa shape index (κ1) is 18.6. The van der Waals surface area contributed by atoms with Gasteiger partial charge in [-0.15, -0.1) is 0 Å². The Morgan fingerprint density at radius 1 is 1.00 bits per heavy atom. The molecule has 30 heavy (non-hydrogen) atoms. The van der Waals surface area contributed by atoms with Crippen LogP contribution in [0.2, 0.25) is 0 Å². The monoisotopic (exact) mass is 395 g/mol. The van der Waals surface area contributed by atoms with Gasteiger partial charge in [0, 0.05) is 35.9 Å². The molecule has 1 amide bonds. The molecule has 2 heterocycles. The summed E-state index contributed by atoms with van der Waals surface area (Å²) < 4.78 is 0. The summed E-state index contributed by atoms with van der Waals surface area (Å²) in [6.45, 7) is 0.625. The number of benzene rings is 2. The molecule has 4 aromatic rings. The summed E-state index contributed by atoms with van der Waals surface area (Å²) in [5.74, 6) is 0.186. The minimum Gasteiger partial charge on any atom is -0.354 e. The Balaban J connectivity index is 1.50. The fraction of sp³-hybridized carbons (Fsp3) is 0.231. The lowest BCUT2D eigenvalue weighted by molar-refractivity contribution is -0.135. The molecule has 1 fully saturated rings. The van der Waals surface area contributed by atoms with E-state index in [1.807, 2.05) is 48.7 Å². The molecule has 0 spiro atoms. The van der Waals surface area contributed by atoms with Crippen molar-refractivity contribution in [3.05, 3.63) is 90.3 Å². The van der Waals surface area contributed by atoms with Crippen molar-refractivity contribution in [1.29, 1.82) is 0 Å². The maximum absolute atomic E-state index is 13.6. The Hall–Kier alpha value is -3.40. The summed E-state index contributed by atoms with van der Waals surface area (Å²) in [6, 6.07) is 22.9. The number of amides is 1. The zero-order valence-corrected chi connectivity index (χ0v) is 16.9. The fourth-order valence-corrected chi connectivity index (χ4v) is 4.30. The van der Waals surface area contributed by atoms with Gasteiger partial charge in [-0.05, 0) is 48.1 Å². The Bertz CT molecular complexity index is 1150. The summed E-state index contributed by atoms with van der Waals surface area (Å²) in [5.41, 5.74) is 5.39. The van der Waals surface area contributed by atoms with Gasteiger partial charge in [0.05, 0.1) is 12.1 Å². The van der Waals surface area contributed by atoms with Crippen molar-refractivity contribution in [2.45, 2.75) is 38.3 Å². The molecule has 0 unspecified atom stereocenters. The number of carbonyl (C=O) groups excluding carboxylic acids is 1. The van der Waals surface area contributed by atoms with E-state index in [0.717, 1.165) is 46.1 Å². The highest BCUT2D eigenvalue weighted by Gasteiger charge is 2.30. The van der Waals surface area contributed by atoms with Crippen molar-refractivity contribution >= 4 is 16.8 Å². The normalized spacial score (nSPS) is 13.9. The van der Waals surface area contributed by atoms with Crippen LogP contribution in [-0.4, -0.2) is 26.8 Å². The van der Waals surface area contributed by atoms with Crippen LogP contribution in [0.4, 0.5) is 0 Å². The van der Waals surface area contributed by atoms with Crippen molar-refractivity contribution in [2.24, 2.45) is 0 Å². The number of rotatable bonds is 6. The molecule has 0 radical (unpaired) electrons. The Morgan fingerprint density at radius 2 is 1.80 bits per heavy atom. The molecule has 0 atom stereocenters. The summed E-state index contributed by atoms with van der Waals surface area (Å²) in [6.07, 6.45) is 7.41. The van der Waals surface area contributed by atoms with Crippen LogP contribution in [0.1, 0.15) is 30.4 Å². The second-order valence-corrected chi connectivity index (χ2v) is 8.03. The van der Waals surface area contributed by atoms with E-state index in [1.165, 1.54) is 6.42 Å². The van der Waals surface area contributed by atoms with Crippen LogP contribution in [0, 0.1) is 0 Å². The first-order valence-electron chi connectivity index (χ1n) is 10.6. The smallest absolute Gasteiger partial charge is 0.227 e. The molecule has 4 nitrogen and oxygen atoms in total. The molecule has 1 aliphatic rings. The Morgan fingerprint density at radius 3 is 2.53 bits per heavy atom. The number of aromatic nitrogens is 2. The third-order valence-electron chi connectivity index (χ3n) is 6.12. The van der Waals surface area contributed by atoms with E-state index in [2.05, 4.69) is 39.1 Å². The van der Waals surface area contributed by atoms with Gasteiger partial charge in [-0.1, -0.05) is 54.6 Å². The van der Waals surface area contributed by atoms with Crippen LogP contribution in [0.25, 0.3) is 22.2 Å². The molecule has 2 aromatic carbocycles. The largest absolute Gasteiger partial charge is 0.354 e. The maximum atomic E-state index is 13.6. The highest BCUT2D eigenvalue weighted by Crippen LogP contribution is 2.32. The zero-order chi connectivity index (χ0) is 20.3. The van der Waals surface area contributed by atoms with Crippen molar-refractivity contribution in [2.75, 3.05) is 0 Å². The molecule has 2 aromatic heterocycles. The molecule has 150 valence electrons. The number of nitrogens with zero attached hydrogens (tertiary/aromatic N) is 2. The van der Waals surface area contributed by atoms with Crippen molar-refractivity contribution in [1.82, 2.24) is 14.9 Å². The minimum atomic E-state index is 0.186.